The van der Waals surface area contributed by atoms with Crippen LogP contribution in [0.1, 0.15) is 24.2 Å². The third-order valence-corrected chi connectivity index (χ3v) is 3.48. The van der Waals surface area contributed by atoms with E-state index in [4.69, 9.17) is 40.2 Å². The van der Waals surface area contributed by atoms with Crippen LogP contribution in [-0.4, -0.2) is 17.2 Å². The van der Waals surface area contributed by atoms with E-state index in [0.29, 0.717) is 26.4 Å². The van der Waals surface area contributed by atoms with Gasteiger partial charge in [0.2, 0.25) is 0 Å². The third kappa shape index (κ3) is 5.67. The molecule has 126 valence electrons. The molecule has 0 amide bonds. The van der Waals surface area contributed by atoms with Gasteiger partial charge in [0.15, 0.2) is 5.11 Å². The first kappa shape index (κ1) is 18.5. The number of esters is 1. The summed E-state index contributed by atoms with van der Waals surface area (Å²) < 4.78 is 5.14. The monoisotopic (exact) mass is 382 g/mol. The molecule has 24 heavy (non-hydrogen) atoms. The Labute approximate surface area is 156 Å². The number of anilines is 2. The molecule has 2 rings (SSSR count). The second kappa shape index (κ2) is 8.33. The number of carbonyl (C=O) groups excluding carboxylic acids is 1. The minimum absolute atomic E-state index is 0.156. The van der Waals surface area contributed by atoms with E-state index in [9.17, 15) is 4.79 Å². The summed E-state index contributed by atoms with van der Waals surface area (Å²) >= 11 is 17.1. The van der Waals surface area contributed by atoms with Gasteiger partial charge in [-0.05, 0) is 68.5 Å². The van der Waals surface area contributed by atoms with E-state index in [1.165, 1.54) is 0 Å². The van der Waals surface area contributed by atoms with Crippen molar-refractivity contribution in [1.29, 1.82) is 0 Å². The van der Waals surface area contributed by atoms with E-state index in [1.807, 2.05) is 0 Å². The molecule has 0 aromatic heterocycles. The second-order valence-corrected chi connectivity index (χ2v) is 6.55. The number of thiocarbonyl (C=S) groups is 1. The third-order valence-electron chi connectivity index (χ3n) is 2.84. The molecule has 0 fully saturated rings. The normalized spacial score (nSPS) is 10.4. The number of nitrogens with one attached hydrogen (secondary N) is 2. The summed E-state index contributed by atoms with van der Waals surface area (Å²) in [5.74, 6) is -0.356. The van der Waals surface area contributed by atoms with E-state index < -0.39 is 0 Å². The van der Waals surface area contributed by atoms with Crippen molar-refractivity contribution in [2.45, 2.75) is 20.0 Å². The van der Waals surface area contributed by atoms with Gasteiger partial charge in [-0.1, -0.05) is 23.2 Å². The molecule has 7 heteroatoms. The molecule has 0 saturated heterocycles. The van der Waals surface area contributed by atoms with E-state index in [1.54, 1.807) is 56.3 Å². The molecule has 0 aliphatic carbocycles. The zero-order chi connectivity index (χ0) is 17.7. The van der Waals surface area contributed by atoms with Crippen molar-refractivity contribution in [3.8, 4) is 0 Å². The zero-order valence-electron chi connectivity index (χ0n) is 13.1. The first-order chi connectivity index (χ1) is 11.3. The van der Waals surface area contributed by atoms with Gasteiger partial charge >= 0.3 is 5.97 Å². The fourth-order valence-corrected chi connectivity index (χ4v) is 2.65. The quantitative estimate of drug-likeness (QED) is 0.549. The van der Waals surface area contributed by atoms with E-state index in [-0.39, 0.29) is 12.1 Å². The van der Waals surface area contributed by atoms with Crippen LogP contribution in [0, 0.1) is 0 Å². The highest BCUT2D eigenvalue weighted by Crippen LogP contribution is 2.22. The molecule has 0 unspecified atom stereocenters. The van der Waals surface area contributed by atoms with Gasteiger partial charge in [-0.15, -0.1) is 0 Å². The van der Waals surface area contributed by atoms with Crippen molar-refractivity contribution in [2.24, 2.45) is 0 Å². The number of carbonyl (C=O) groups is 1. The van der Waals surface area contributed by atoms with Crippen molar-refractivity contribution < 1.29 is 9.53 Å². The number of hydrogen-bond acceptors (Lipinski definition) is 3. The Bertz CT molecular complexity index is 729. The average molecular weight is 383 g/mol. The molecule has 0 aliphatic rings. The van der Waals surface area contributed by atoms with Crippen molar-refractivity contribution in [3.63, 3.8) is 0 Å². The van der Waals surface area contributed by atoms with Crippen LogP contribution in [0.15, 0.2) is 42.5 Å². The van der Waals surface area contributed by atoms with Crippen molar-refractivity contribution >= 4 is 57.9 Å². The molecule has 2 aromatic rings. The summed E-state index contributed by atoms with van der Waals surface area (Å²) in [5.41, 5.74) is 1.90. The van der Waals surface area contributed by atoms with Gasteiger partial charge in [-0.2, -0.15) is 0 Å². The van der Waals surface area contributed by atoms with Crippen LogP contribution < -0.4 is 10.6 Å². The summed E-state index contributed by atoms with van der Waals surface area (Å²) in [5, 5.41) is 7.42. The Hall–Kier alpha value is -1.82. The van der Waals surface area contributed by atoms with Gasteiger partial charge < -0.3 is 15.4 Å². The number of halogens is 2. The topological polar surface area (TPSA) is 50.4 Å². The summed E-state index contributed by atoms with van der Waals surface area (Å²) in [7, 11) is 0. The van der Waals surface area contributed by atoms with Gasteiger partial charge in [0.25, 0.3) is 0 Å². The Morgan fingerprint density at radius 2 is 1.54 bits per heavy atom. The van der Waals surface area contributed by atoms with E-state index >= 15 is 0 Å². The lowest BCUT2D eigenvalue weighted by Crippen LogP contribution is -2.19. The van der Waals surface area contributed by atoms with Crippen LogP contribution in [0.4, 0.5) is 11.4 Å². The molecule has 0 aliphatic heterocycles. The summed E-state index contributed by atoms with van der Waals surface area (Å²) in [4.78, 5) is 11.8. The van der Waals surface area contributed by atoms with Crippen molar-refractivity contribution in [2.75, 3.05) is 10.6 Å². The van der Waals surface area contributed by atoms with Crippen LogP contribution in [0.3, 0.4) is 0 Å². The zero-order valence-corrected chi connectivity index (χ0v) is 15.4. The molecule has 2 aromatic carbocycles. The molecule has 0 saturated carbocycles. The largest absolute Gasteiger partial charge is 0.459 e. The first-order valence-corrected chi connectivity index (χ1v) is 8.35. The minimum atomic E-state index is -0.356. The lowest BCUT2D eigenvalue weighted by molar-refractivity contribution is 0.0378. The maximum atomic E-state index is 11.8. The van der Waals surface area contributed by atoms with Gasteiger partial charge in [-0.3, -0.25) is 0 Å². The average Bonchev–Trinajstić information content (AvgIpc) is 2.45. The summed E-state index contributed by atoms with van der Waals surface area (Å²) in [6.45, 7) is 3.61. The number of rotatable bonds is 4. The van der Waals surface area contributed by atoms with Crippen LogP contribution in [-0.2, 0) is 4.74 Å². The maximum absolute atomic E-state index is 11.8. The van der Waals surface area contributed by atoms with Crippen molar-refractivity contribution in [1.82, 2.24) is 0 Å². The highest BCUT2D eigenvalue weighted by molar-refractivity contribution is 7.80. The molecule has 0 spiro atoms. The molecule has 0 heterocycles. The Balaban J connectivity index is 1.98. The Morgan fingerprint density at radius 1 is 1.00 bits per heavy atom. The number of ether oxygens (including phenoxy) is 1. The Morgan fingerprint density at radius 3 is 2.08 bits per heavy atom. The minimum Gasteiger partial charge on any atom is -0.459 e. The summed E-state index contributed by atoms with van der Waals surface area (Å²) in [6.07, 6.45) is -0.156. The molecule has 0 radical (unpaired) electrons. The van der Waals surface area contributed by atoms with Crippen LogP contribution in [0.5, 0.6) is 0 Å². The van der Waals surface area contributed by atoms with Gasteiger partial charge in [0.05, 0.1) is 11.7 Å². The summed E-state index contributed by atoms with van der Waals surface area (Å²) in [6, 6.07) is 11.9. The SMILES string of the molecule is CC(C)OC(=O)c1ccc(NC(=S)Nc2cc(Cl)cc(Cl)c2)cc1. The molecule has 2 N–H and O–H groups in total. The molecular weight excluding hydrogens is 367 g/mol. The lowest BCUT2D eigenvalue weighted by atomic mass is 10.2. The first-order valence-electron chi connectivity index (χ1n) is 7.18. The van der Waals surface area contributed by atoms with Crippen LogP contribution in [0.25, 0.3) is 0 Å². The van der Waals surface area contributed by atoms with Gasteiger partial charge in [-0.25, -0.2) is 4.79 Å². The lowest BCUT2D eigenvalue weighted by Gasteiger charge is -2.12. The molecular formula is C17H16Cl2N2O2S. The predicted molar refractivity (Wildman–Crippen MR) is 103 cm³/mol. The molecule has 0 atom stereocenters. The van der Waals surface area contributed by atoms with E-state index in [2.05, 4.69) is 10.6 Å². The van der Waals surface area contributed by atoms with Gasteiger partial charge in [0, 0.05) is 21.4 Å². The Kier molecular flexibility index (Phi) is 6.43. The standard InChI is InChI=1S/C17H16Cl2N2O2S/c1-10(2)23-16(22)11-3-5-14(6-4-11)20-17(24)21-15-8-12(18)7-13(19)9-15/h3-10H,1-2H3,(H2,20,21,24). The van der Waals surface area contributed by atoms with Crippen LogP contribution in [0.2, 0.25) is 10.0 Å². The molecule has 0 bridgehead atoms. The molecule has 4 nitrogen and oxygen atoms in total. The predicted octanol–water partition coefficient (Wildman–Crippen LogP) is 5.37. The number of benzene rings is 2. The highest BCUT2D eigenvalue weighted by atomic mass is 35.5. The van der Waals surface area contributed by atoms with E-state index in [0.717, 1.165) is 5.69 Å². The van der Waals surface area contributed by atoms with Gasteiger partial charge in [0.1, 0.15) is 0 Å². The number of hydrogen-bond donors (Lipinski definition) is 2. The fourth-order valence-electron chi connectivity index (χ4n) is 1.89. The van der Waals surface area contributed by atoms with Crippen molar-refractivity contribution in [3.05, 3.63) is 58.1 Å². The van der Waals surface area contributed by atoms with Crippen LogP contribution >= 0.6 is 35.4 Å². The highest BCUT2D eigenvalue weighted by Gasteiger charge is 2.09. The fraction of sp³-hybridized carbons (Fsp3) is 0.176. The smallest absolute Gasteiger partial charge is 0.338 e. The maximum Gasteiger partial charge on any atom is 0.338 e. The second-order valence-electron chi connectivity index (χ2n) is 5.27.